The number of H-pyrrole nitrogens is 1. The van der Waals surface area contributed by atoms with E-state index in [4.69, 9.17) is 0 Å². The van der Waals surface area contributed by atoms with E-state index in [0.717, 1.165) is 25.0 Å². The Morgan fingerprint density at radius 1 is 1.37 bits per heavy atom. The molecule has 0 spiro atoms. The number of imidazole rings is 1. The normalized spacial score (nSPS) is 11.0. The van der Waals surface area contributed by atoms with Gasteiger partial charge in [0.05, 0.1) is 17.2 Å². The summed E-state index contributed by atoms with van der Waals surface area (Å²) >= 11 is 0. The number of benzene rings is 1. The summed E-state index contributed by atoms with van der Waals surface area (Å²) in [6.07, 6.45) is 4.37. The monoisotopic (exact) mass is 260 g/mol. The van der Waals surface area contributed by atoms with E-state index in [0.29, 0.717) is 11.5 Å². The van der Waals surface area contributed by atoms with Gasteiger partial charge in [0.2, 0.25) is 5.95 Å². The van der Waals surface area contributed by atoms with Crippen molar-refractivity contribution < 1.29 is 4.39 Å². The van der Waals surface area contributed by atoms with Crippen LogP contribution in [0.3, 0.4) is 0 Å². The smallest absolute Gasteiger partial charge is 0.201 e. The van der Waals surface area contributed by atoms with Gasteiger partial charge in [-0.25, -0.2) is 9.37 Å². The van der Waals surface area contributed by atoms with E-state index < -0.39 is 0 Å². The summed E-state index contributed by atoms with van der Waals surface area (Å²) in [5.41, 5.74) is 1.44. The highest BCUT2D eigenvalue weighted by Crippen LogP contribution is 2.15. The van der Waals surface area contributed by atoms with Crippen molar-refractivity contribution in [1.82, 2.24) is 25.0 Å². The number of aromatic nitrogens is 5. The van der Waals surface area contributed by atoms with Crippen molar-refractivity contribution in [3.8, 4) is 0 Å². The zero-order valence-corrected chi connectivity index (χ0v) is 10.2. The number of halogens is 1. The van der Waals surface area contributed by atoms with Gasteiger partial charge in [-0.2, -0.15) is 0 Å². The Morgan fingerprint density at radius 3 is 3.16 bits per heavy atom. The van der Waals surface area contributed by atoms with E-state index in [1.165, 1.54) is 12.1 Å². The Kier molecular flexibility index (Phi) is 3.09. The summed E-state index contributed by atoms with van der Waals surface area (Å²) in [6.45, 7) is 1.55. The molecule has 3 rings (SSSR count). The number of fused-ring (bicyclic) bond motifs is 1. The maximum atomic E-state index is 13.0. The first-order chi connectivity index (χ1) is 9.31. The molecule has 0 saturated heterocycles. The molecule has 0 radical (unpaired) electrons. The lowest BCUT2D eigenvalue weighted by atomic mass is 10.3. The fraction of sp³-hybridized carbons (Fsp3) is 0.250. The lowest BCUT2D eigenvalue weighted by Gasteiger charge is -2.02. The number of nitrogens with one attached hydrogen (secondary N) is 2. The highest BCUT2D eigenvalue weighted by molar-refractivity contribution is 5.77. The summed E-state index contributed by atoms with van der Waals surface area (Å²) in [5, 5.41) is 10.8. The number of aryl methyl sites for hydroxylation is 1. The average Bonchev–Trinajstić information content (AvgIpc) is 3.02. The third-order valence-electron chi connectivity index (χ3n) is 2.77. The summed E-state index contributed by atoms with van der Waals surface area (Å²) in [7, 11) is 0. The Balaban J connectivity index is 1.56. The minimum Gasteiger partial charge on any atom is -0.356 e. The molecule has 0 fully saturated rings. The Labute approximate surface area is 108 Å². The topological polar surface area (TPSA) is 71.4 Å². The SMILES string of the molecule is Fc1ccc2nc(NCCCn3ccnn3)[nH]c2c1. The number of rotatable bonds is 5. The molecule has 3 aromatic rings. The van der Waals surface area contributed by atoms with E-state index in [2.05, 4.69) is 25.6 Å². The Hall–Kier alpha value is -2.44. The van der Waals surface area contributed by atoms with Gasteiger partial charge in [0.1, 0.15) is 5.82 Å². The Bertz CT molecular complexity index is 660. The standard InChI is InChI=1S/C12H13FN6/c13-9-2-3-10-11(8-9)17-12(16-10)14-4-1-6-19-7-5-15-18-19/h2-3,5,7-8H,1,4,6H2,(H2,14,16,17). The second kappa shape index (κ2) is 5.05. The van der Waals surface area contributed by atoms with Gasteiger partial charge in [-0.3, -0.25) is 4.68 Å². The number of anilines is 1. The van der Waals surface area contributed by atoms with E-state index in [-0.39, 0.29) is 5.82 Å². The van der Waals surface area contributed by atoms with Gasteiger partial charge in [-0.1, -0.05) is 5.21 Å². The van der Waals surface area contributed by atoms with Crippen LogP contribution in [0.5, 0.6) is 0 Å². The molecule has 0 aliphatic rings. The summed E-state index contributed by atoms with van der Waals surface area (Å²) in [4.78, 5) is 7.35. The molecule has 6 nitrogen and oxygen atoms in total. The van der Waals surface area contributed by atoms with E-state index in [1.807, 2.05) is 6.20 Å². The van der Waals surface area contributed by atoms with E-state index in [1.54, 1.807) is 16.9 Å². The fourth-order valence-corrected chi connectivity index (χ4v) is 1.87. The van der Waals surface area contributed by atoms with Crippen molar-refractivity contribution in [2.45, 2.75) is 13.0 Å². The molecule has 7 heteroatoms. The molecule has 2 heterocycles. The van der Waals surface area contributed by atoms with Crippen LogP contribution < -0.4 is 5.32 Å². The summed E-state index contributed by atoms with van der Waals surface area (Å²) in [6, 6.07) is 4.49. The molecule has 0 amide bonds. The van der Waals surface area contributed by atoms with Gasteiger partial charge in [0, 0.05) is 19.3 Å². The van der Waals surface area contributed by atoms with Crippen molar-refractivity contribution in [2.75, 3.05) is 11.9 Å². The van der Waals surface area contributed by atoms with Crippen LogP contribution in [0.2, 0.25) is 0 Å². The largest absolute Gasteiger partial charge is 0.356 e. The van der Waals surface area contributed by atoms with Crippen LogP contribution in [0.1, 0.15) is 6.42 Å². The van der Waals surface area contributed by atoms with Gasteiger partial charge in [-0.15, -0.1) is 5.10 Å². The molecule has 0 atom stereocenters. The van der Waals surface area contributed by atoms with Gasteiger partial charge in [-0.05, 0) is 24.6 Å². The Morgan fingerprint density at radius 2 is 2.32 bits per heavy atom. The van der Waals surface area contributed by atoms with Gasteiger partial charge >= 0.3 is 0 Å². The first-order valence-electron chi connectivity index (χ1n) is 6.04. The lowest BCUT2D eigenvalue weighted by Crippen LogP contribution is -2.08. The number of hydrogen-bond acceptors (Lipinski definition) is 4. The molecule has 0 aliphatic heterocycles. The van der Waals surface area contributed by atoms with Gasteiger partial charge < -0.3 is 10.3 Å². The molecule has 0 unspecified atom stereocenters. The van der Waals surface area contributed by atoms with E-state index in [9.17, 15) is 4.39 Å². The summed E-state index contributed by atoms with van der Waals surface area (Å²) < 4.78 is 14.8. The maximum Gasteiger partial charge on any atom is 0.201 e. The highest BCUT2D eigenvalue weighted by atomic mass is 19.1. The molecular formula is C12H13FN6. The minimum atomic E-state index is -0.270. The molecule has 1 aromatic carbocycles. The van der Waals surface area contributed by atoms with Crippen LogP contribution in [-0.4, -0.2) is 31.5 Å². The molecule has 0 bridgehead atoms. The molecule has 0 aliphatic carbocycles. The second-order valence-electron chi connectivity index (χ2n) is 4.19. The predicted octanol–water partition coefficient (Wildman–Crippen LogP) is 1.80. The van der Waals surface area contributed by atoms with Crippen molar-refractivity contribution in [3.05, 3.63) is 36.4 Å². The maximum absolute atomic E-state index is 13.0. The molecule has 19 heavy (non-hydrogen) atoms. The molecule has 0 saturated carbocycles. The van der Waals surface area contributed by atoms with Crippen molar-refractivity contribution in [3.63, 3.8) is 0 Å². The van der Waals surface area contributed by atoms with Crippen LogP contribution >= 0.6 is 0 Å². The zero-order chi connectivity index (χ0) is 13.1. The average molecular weight is 260 g/mol. The van der Waals surface area contributed by atoms with Crippen molar-refractivity contribution in [1.29, 1.82) is 0 Å². The van der Waals surface area contributed by atoms with Gasteiger partial charge in [0.25, 0.3) is 0 Å². The quantitative estimate of drug-likeness (QED) is 0.686. The lowest BCUT2D eigenvalue weighted by molar-refractivity contribution is 0.569. The van der Waals surface area contributed by atoms with E-state index >= 15 is 0 Å². The number of nitrogens with zero attached hydrogens (tertiary/aromatic N) is 4. The molecule has 2 aromatic heterocycles. The number of aromatic amines is 1. The minimum absolute atomic E-state index is 0.270. The van der Waals surface area contributed by atoms with Crippen LogP contribution in [0, 0.1) is 5.82 Å². The summed E-state index contributed by atoms with van der Waals surface area (Å²) in [5.74, 6) is 0.382. The first kappa shape index (κ1) is 11.6. The molecular weight excluding hydrogens is 247 g/mol. The first-order valence-corrected chi connectivity index (χ1v) is 6.04. The van der Waals surface area contributed by atoms with Crippen LogP contribution in [0.15, 0.2) is 30.6 Å². The molecule has 2 N–H and O–H groups in total. The third kappa shape index (κ3) is 2.70. The van der Waals surface area contributed by atoms with Crippen LogP contribution in [-0.2, 0) is 6.54 Å². The number of hydrogen-bond donors (Lipinski definition) is 2. The molecule has 98 valence electrons. The van der Waals surface area contributed by atoms with Crippen molar-refractivity contribution >= 4 is 17.0 Å². The van der Waals surface area contributed by atoms with Crippen LogP contribution in [0.4, 0.5) is 10.3 Å². The van der Waals surface area contributed by atoms with Crippen molar-refractivity contribution in [2.24, 2.45) is 0 Å². The van der Waals surface area contributed by atoms with Crippen LogP contribution in [0.25, 0.3) is 11.0 Å². The third-order valence-corrected chi connectivity index (χ3v) is 2.77. The van der Waals surface area contributed by atoms with Gasteiger partial charge in [0.15, 0.2) is 0 Å². The highest BCUT2D eigenvalue weighted by Gasteiger charge is 2.03. The zero-order valence-electron chi connectivity index (χ0n) is 10.2. The predicted molar refractivity (Wildman–Crippen MR) is 69.2 cm³/mol. The second-order valence-corrected chi connectivity index (χ2v) is 4.19. The fourth-order valence-electron chi connectivity index (χ4n) is 1.87.